The molecule has 0 atom stereocenters. The number of rotatable bonds is 2. The van der Waals surface area contributed by atoms with E-state index in [1.807, 2.05) is 0 Å². The van der Waals surface area contributed by atoms with Crippen molar-refractivity contribution in [1.82, 2.24) is 9.55 Å². The molecule has 0 fully saturated rings. The minimum Gasteiger partial charge on any atom is -0.321 e. The summed E-state index contributed by atoms with van der Waals surface area (Å²) >= 11 is 3.01. The van der Waals surface area contributed by atoms with Crippen LogP contribution in [0.5, 0.6) is 0 Å². The number of anilines is 2. The van der Waals surface area contributed by atoms with Crippen LogP contribution in [0.4, 0.5) is 20.4 Å². The second-order valence-corrected chi connectivity index (χ2v) is 4.15. The number of hydrogen-bond acceptors (Lipinski definition) is 2. The highest BCUT2D eigenvalue weighted by Gasteiger charge is 2.12. The van der Waals surface area contributed by atoms with Gasteiger partial charge in [-0.1, -0.05) is 15.9 Å². The molecule has 1 aromatic heterocycles. The van der Waals surface area contributed by atoms with Gasteiger partial charge in [-0.3, -0.25) is 0 Å². The highest BCUT2D eigenvalue weighted by molar-refractivity contribution is 9.10. The first-order valence-corrected chi connectivity index (χ1v) is 5.26. The monoisotopic (exact) mass is 287 g/mol. The van der Waals surface area contributed by atoms with E-state index in [1.54, 1.807) is 17.8 Å². The molecule has 0 radical (unpaired) electrons. The summed E-state index contributed by atoms with van der Waals surface area (Å²) < 4.78 is 28.9. The molecule has 0 aliphatic rings. The predicted molar refractivity (Wildman–Crippen MR) is 60.5 cm³/mol. The molecule has 2 rings (SSSR count). The Kier molecular flexibility index (Phi) is 2.91. The molecule has 1 aromatic carbocycles. The molecule has 0 bridgehead atoms. The average Bonchev–Trinajstić information content (AvgIpc) is 2.57. The topological polar surface area (TPSA) is 29.9 Å². The van der Waals surface area contributed by atoms with Gasteiger partial charge in [0.25, 0.3) is 0 Å². The number of aromatic nitrogens is 2. The van der Waals surface area contributed by atoms with Crippen LogP contribution >= 0.6 is 15.9 Å². The Hall–Kier alpha value is -1.43. The van der Waals surface area contributed by atoms with Gasteiger partial charge >= 0.3 is 0 Å². The molecular weight excluding hydrogens is 280 g/mol. The van der Waals surface area contributed by atoms with Gasteiger partial charge in [0, 0.05) is 23.9 Å². The van der Waals surface area contributed by atoms with Crippen LogP contribution in [0.1, 0.15) is 0 Å². The van der Waals surface area contributed by atoms with E-state index in [9.17, 15) is 8.78 Å². The third-order valence-corrected chi connectivity index (χ3v) is 2.52. The number of aryl methyl sites for hydroxylation is 1. The van der Waals surface area contributed by atoms with Crippen molar-refractivity contribution in [2.24, 2.45) is 7.05 Å². The lowest BCUT2D eigenvalue weighted by atomic mass is 10.3. The molecule has 6 heteroatoms. The smallest absolute Gasteiger partial charge is 0.207 e. The molecule has 1 N–H and O–H groups in total. The Bertz CT molecular complexity index is 502. The molecule has 1 heterocycles. The van der Waals surface area contributed by atoms with E-state index < -0.39 is 11.6 Å². The van der Waals surface area contributed by atoms with Crippen molar-refractivity contribution < 1.29 is 8.78 Å². The van der Waals surface area contributed by atoms with E-state index in [2.05, 4.69) is 26.2 Å². The molecule has 0 unspecified atom stereocenters. The Morgan fingerprint density at radius 1 is 1.31 bits per heavy atom. The summed E-state index contributed by atoms with van der Waals surface area (Å²) in [5.74, 6) is -0.968. The van der Waals surface area contributed by atoms with Gasteiger partial charge in [-0.05, 0) is 12.1 Å². The van der Waals surface area contributed by atoms with Crippen LogP contribution in [0.15, 0.2) is 29.0 Å². The lowest BCUT2D eigenvalue weighted by molar-refractivity contribution is 0.588. The molecule has 2 aromatic rings. The summed E-state index contributed by atoms with van der Waals surface area (Å²) in [6, 6.07) is 2.38. The molecule has 0 amide bonds. The van der Waals surface area contributed by atoms with E-state index in [1.165, 1.54) is 18.3 Å². The van der Waals surface area contributed by atoms with Crippen LogP contribution in [-0.2, 0) is 7.05 Å². The first-order chi connectivity index (χ1) is 7.58. The summed E-state index contributed by atoms with van der Waals surface area (Å²) in [5.41, 5.74) is -0.211. The Balaban J connectivity index is 2.39. The highest BCUT2D eigenvalue weighted by atomic mass is 79.9. The van der Waals surface area contributed by atoms with E-state index in [0.717, 1.165) is 0 Å². The van der Waals surface area contributed by atoms with Crippen LogP contribution < -0.4 is 5.32 Å². The zero-order valence-corrected chi connectivity index (χ0v) is 9.92. The number of nitrogens with one attached hydrogen (secondary N) is 1. The van der Waals surface area contributed by atoms with Crippen molar-refractivity contribution in [3.05, 3.63) is 40.6 Å². The van der Waals surface area contributed by atoms with E-state index in [-0.39, 0.29) is 5.69 Å². The van der Waals surface area contributed by atoms with Crippen molar-refractivity contribution >= 4 is 27.6 Å². The van der Waals surface area contributed by atoms with Gasteiger partial charge in [0.1, 0.15) is 5.69 Å². The van der Waals surface area contributed by atoms with Gasteiger partial charge in [-0.15, -0.1) is 0 Å². The fraction of sp³-hybridized carbons (Fsp3) is 0.100. The second-order valence-electron chi connectivity index (χ2n) is 3.23. The molecule has 16 heavy (non-hydrogen) atoms. The maximum absolute atomic E-state index is 13.5. The molecule has 0 aliphatic carbocycles. The van der Waals surface area contributed by atoms with Crippen LogP contribution in [0.2, 0.25) is 0 Å². The van der Waals surface area contributed by atoms with Gasteiger partial charge in [-0.25, -0.2) is 13.8 Å². The second kappa shape index (κ2) is 4.21. The van der Waals surface area contributed by atoms with Gasteiger partial charge in [0.05, 0.1) is 0 Å². The van der Waals surface area contributed by atoms with Gasteiger partial charge < -0.3 is 9.88 Å². The number of benzene rings is 1. The number of imidazole rings is 1. The van der Waals surface area contributed by atoms with Crippen molar-refractivity contribution in [2.75, 3.05) is 5.32 Å². The lowest BCUT2D eigenvalue weighted by Gasteiger charge is -2.08. The summed E-state index contributed by atoms with van der Waals surface area (Å²) in [7, 11) is 1.73. The molecule has 3 nitrogen and oxygen atoms in total. The molecule has 0 aliphatic heterocycles. The fourth-order valence-electron chi connectivity index (χ4n) is 1.26. The van der Waals surface area contributed by atoms with Crippen LogP contribution in [-0.4, -0.2) is 9.55 Å². The van der Waals surface area contributed by atoms with E-state index in [0.29, 0.717) is 10.4 Å². The standard InChI is InChI=1S/C10H8BrF2N3/c1-16-3-2-14-10(16)15-9-7(12)4-6(11)5-8(9)13/h2-5H,1H3,(H,14,15). The van der Waals surface area contributed by atoms with Crippen molar-refractivity contribution in [2.45, 2.75) is 0 Å². The summed E-state index contributed by atoms with van der Waals surface area (Å²) in [6.07, 6.45) is 3.22. The first kappa shape index (κ1) is 11.1. The number of hydrogen-bond donors (Lipinski definition) is 1. The lowest BCUT2D eigenvalue weighted by Crippen LogP contribution is -2.02. The first-order valence-electron chi connectivity index (χ1n) is 4.47. The van der Waals surface area contributed by atoms with Gasteiger partial charge in [0.15, 0.2) is 11.6 Å². The van der Waals surface area contributed by atoms with Gasteiger partial charge in [0.2, 0.25) is 5.95 Å². The minimum atomic E-state index is -0.671. The van der Waals surface area contributed by atoms with Crippen molar-refractivity contribution in [3.8, 4) is 0 Å². The van der Waals surface area contributed by atoms with Crippen LogP contribution in [0.25, 0.3) is 0 Å². The number of halogens is 3. The molecule has 0 spiro atoms. The molecule has 0 saturated heterocycles. The van der Waals surface area contributed by atoms with Crippen LogP contribution in [0.3, 0.4) is 0 Å². The number of nitrogens with zero attached hydrogens (tertiary/aromatic N) is 2. The normalized spacial score (nSPS) is 10.5. The van der Waals surface area contributed by atoms with Crippen LogP contribution in [0, 0.1) is 11.6 Å². The zero-order valence-electron chi connectivity index (χ0n) is 8.34. The fourth-order valence-corrected chi connectivity index (χ4v) is 1.66. The van der Waals surface area contributed by atoms with E-state index in [4.69, 9.17) is 0 Å². The largest absolute Gasteiger partial charge is 0.321 e. The molecule has 0 saturated carbocycles. The minimum absolute atomic E-state index is 0.211. The molecular formula is C10H8BrF2N3. The summed E-state index contributed by atoms with van der Waals surface area (Å²) in [6.45, 7) is 0. The maximum atomic E-state index is 13.5. The van der Waals surface area contributed by atoms with E-state index >= 15 is 0 Å². The summed E-state index contributed by atoms with van der Waals surface area (Å²) in [5, 5.41) is 2.60. The molecule has 84 valence electrons. The average molecular weight is 288 g/mol. The predicted octanol–water partition coefficient (Wildman–Crippen LogP) is 3.20. The maximum Gasteiger partial charge on any atom is 0.207 e. The van der Waals surface area contributed by atoms with Crippen molar-refractivity contribution in [3.63, 3.8) is 0 Å². The Labute approximate surface area is 99.2 Å². The van der Waals surface area contributed by atoms with Gasteiger partial charge in [-0.2, -0.15) is 0 Å². The summed E-state index contributed by atoms with van der Waals surface area (Å²) in [4.78, 5) is 3.92. The Morgan fingerprint density at radius 2 is 1.94 bits per heavy atom. The quantitative estimate of drug-likeness (QED) is 0.919. The third-order valence-electron chi connectivity index (χ3n) is 2.06. The SMILES string of the molecule is Cn1ccnc1Nc1c(F)cc(Br)cc1F. The van der Waals surface area contributed by atoms with Crippen molar-refractivity contribution in [1.29, 1.82) is 0 Å². The third kappa shape index (κ3) is 2.06. The Morgan fingerprint density at radius 3 is 2.44 bits per heavy atom. The highest BCUT2D eigenvalue weighted by Crippen LogP contribution is 2.25. The zero-order chi connectivity index (χ0) is 11.7.